The van der Waals surface area contributed by atoms with Crippen molar-refractivity contribution in [2.75, 3.05) is 87.8 Å². The summed E-state index contributed by atoms with van der Waals surface area (Å²) < 4.78 is 53.7. The van der Waals surface area contributed by atoms with Gasteiger partial charge >= 0.3 is 6.18 Å². The number of amides is 11. The zero-order chi connectivity index (χ0) is 73.2. The second-order valence-electron chi connectivity index (χ2n) is 29.3. The van der Waals surface area contributed by atoms with Crippen molar-refractivity contribution in [2.45, 2.75) is 239 Å². The molecule has 0 aromatic carbocycles. The van der Waals surface area contributed by atoms with Crippen LogP contribution in [0.5, 0.6) is 0 Å². The van der Waals surface area contributed by atoms with Gasteiger partial charge in [-0.25, -0.2) is 0 Å². The van der Waals surface area contributed by atoms with Crippen molar-refractivity contribution in [3.8, 4) is 0 Å². The van der Waals surface area contributed by atoms with Gasteiger partial charge in [0.05, 0.1) is 44.4 Å². The molecule has 96 heavy (non-hydrogen) atoms. The summed E-state index contributed by atoms with van der Waals surface area (Å²) in [5, 5.41) is 20.6. The van der Waals surface area contributed by atoms with Gasteiger partial charge in [-0.15, -0.1) is 11.6 Å². The molecule has 29 heteroatoms. The molecule has 550 valence electrons. The molecular formula is C67H115ClF3N11O14. The van der Waals surface area contributed by atoms with Crippen LogP contribution in [0.2, 0.25) is 0 Å². The predicted molar refractivity (Wildman–Crippen MR) is 356 cm³/mol. The SMILES string of the molecule is CC[C@H](C)[C@@H]1NC(=O)[C@H](CC(C)C)N(C)C(=O)C[C@@H](C)NC(=O)[C@H](CC(C)C)N(C)C(=O)C(C)(C)NC(=O)[C@H](COCC(C)(C)O)N(C)C(=O)[C@H](CCC2CCC(C(F)(F)F)C(Cl)C2)NC(=O)CN(C)C(=O)[C@H](COCCC(C)C)N(C)C(=O)[C@@H]2CCN2C(=O)CN(CC)C1=O. The van der Waals surface area contributed by atoms with E-state index in [-0.39, 0.29) is 108 Å². The first kappa shape index (κ1) is 84.4. The highest BCUT2D eigenvalue weighted by Gasteiger charge is 2.48. The van der Waals surface area contributed by atoms with Crippen molar-refractivity contribution in [3.05, 3.63) is 0 Å². The summed E-state index contributed by atoms with van der Waals surface area (Å²) in [4.78, 5) is 169. The van der Waals surface area contributed by atoms with Crippen molar-refractivity contribution in [3.63, 3.8) is 0 Å². The second kappa shape index (κ2) is 37.4. The van der Waals surface area contributed by atoms with E-state index in [0.717, 1.165) is 14.7 Å². The second-order valence-corrected chi connectivity index (χ2v) is 29.9. The first-order valence-corrected chi connectivity index (χ1v) is 34.5. The van der Waals surface area contributed by atoms with Crippen LogP contribution in [0.1, 0.15) is 168 Å². The fourth-order valence-corrected chi connectivity index (χ4v) is 12.7. The third-order valence-electron chi connectivity index (χ3n) is 18.5. The Bertz CT molecular complexity index is 2660. The van der Waals surface area contributed by atoms with E-state index in [4.69, 9.17) is 21.1 Å². The van der Waals surface area contributed by atoms with Crippen LogP contribution in [-0.4, -0.2) is 263 Å². The monoisotopic (exact) mass is 1390 g/mol. The number of alkyl halides is 4. The fourth-order valence-electron chi connectivity index (χ4n) is 12.2. The Morgan fingerprint density at radius 3 is 1.75 bits per heavy atom. The van der Waals surface area contributed by atoms with E-state index in [1.165, 1.54) is 82.5 Å². The number of hydrogen-bond donors (Lipinski definition) is 5. The van der Waals surface area contributed by atoms with Gasteiger partial charge < -0.3 is 70.1 Å². The van der Waals surface area contributed by atoms with Crippen LogP contribution in [0.25, 0.3) is 0 Å². The number of nitrogens with zero attached hydrogens (tertiary/aromatic N) is 7. The Morgan fingerprint density at radius 1 is 0.656 bits per heavy atom. The van der Waals surface area contributed by atoms with Gasteiger partial charge in [-0.05, 0) is 129 Å². The Hall–Kier alpha value is -5.87. The van der Waals surface area contributed by atoms with Gasteiger partial charge in [0, 0.05) is 72.8 Å². The summed E-state index contributed by atoms with van der Waals surface area (Å²) in [6.45, 7) is 21.8. The largest absolute Gasteiger partial charge is 0.393 e. The van der Waals surface area contributed by atoms with Gasteiger partial charge in [0.2, 0.25) is 65.0 Å². The Balaban J connectivity index is 2.26. The van der Waals surface area contributed by atoms with Gasteiger partial charge in [-0.2, -0.15) is 13.2 Å². The zero-order valence-electron chi connectivity index (χ0n) is 60.5. The molecule has 0 spiro atoms. The smallest absolute Gasteiger partial charge is 0.388 e. The fraction of sp³-hybridized carbons (Fsp3) is 0.836. The lowest BCUT2D eigenvalue weighted by molar-refractivity contribution is -0.182. The molecule has 3 aliphatic rings. The molecule has 0 bridgehead atoms. The summed E-state index contributed by atoms with van der Waals surface area (Å²) in [5.74, 6) is -10.6. The van der Waals surface area contributed by atoms with E-state index in [9.17, 15) is 66.2 Å². The summed E-state index contributed by atoms with van der Waals surface area (Å²) >= 11 is 6.35. The zero-order valence-corrected chi connectivity index (χ0v) is 61.2. The number of carbonyl (C=O) groups excluding carboxylic acids is 11. The summed E-state index contributed by atoms with van der Waals surface area (Å²) in [5.41, 5.74) is -3.27. The van der Waals surface area contributed by atoms with Crippen LogP contribution in [0.15, 0.2) is 0 Å². The molecule has 2 saturated heterocycles. The minimum absolute atomic E-state index is 0.0313. The summed E-state index contributed by atoms with van der Waals surface area (Å²) in [6.07, 6.45) is -3.69. The lowest BCUT2D eigenvalue weighted by atomic mass is 9.78. The third-order valence-corrected chi connectivity index (χ3v) is 19.0. The normalized spacial score (nSPS) is 27.8. The highest BCUT2D eigenvalue weighted by Crippen LogP contribution is 2.43. The number of ether oxygens (including phenoxy) is 2. The van der Waals surface area contributed by atoms with E-state index < -0.39 is 173 Å². The first-order chi connectivity index (χ1) is 44.4. The maximum absolute atomic E-state index is 15.1. The van der Waals surface area contributed by atoms with Crippen LogP contribution >= 0.6 is 11.6 Å². The lowest BCUT2D eigenvalue weighted by Crippen LogP contribution is -2.64. The Kier molecular flexibility index (Phi) is 32.8. The predicted octanol–water partition coefficient (Wildman–Crippen LogP) is 4.33. The van der Waals surface area contributed by atoms with E-state index >= 15 is 4.79 Å². The number of hydrogen-bond acceptors (Lipinski definition) is 14. The van der Waals surface area contributed by atoms with Crippen molar-refractivity contribution >= 4 is 76.6 Å². The molecule has 25 nitrogen and oxygen atoms in total. The van der Waals surface area contributed by atoms with Gasteiger partial charge in [0.25, 0.3) is 0 Å². The van der Waals surface area contributed by atoms with E-state index in [1.54, 1.807) is 20.8 Å². The highest BCUT2D eigenvalue weighted by atomic mass is 35.5. The molecule has 1 saturated carbocycles. The van der Waals surface area contributed by atoms with Crippen LogP contribution in [0.4, 0.5) is 13.2 Å². The van der Waals surface area contributed by atoms with Crippen LogP contribution in [0.3, 0.4) is 0 Å². The average Bonchev–Trinajstić information content (AvgIpc) is 0.831. The molecule has 3 fully saturated rings. The number of carbonyl (C=O) groups is 11. The molecule has 2 aliphatic heterocycles. The van der Waals surface area contributed by atoms with Gasteiger partial charge in [-0.1, -0.05) is 61.8 Å². The van der Waals surface area contributed by atoms with Gasteiger partial charge in [-0.3, -0.25) is 52.7 Å². The molecule has 1 aliphatic carbocycles. The molecule has 2 heterocycles. The topological polar surface area (TPSA) is 297 Å². The molecule has 5 N–H and O–H groups in total. The number of nitrogens with one attached hydrogen (secondary N) is 4. The third kappa shape index (κ3) is 24.8. The molecule has 0 aromatic rings. The van der Waals surface area contributed by atoms with Gasteiger partial charge in [0.15, 0.2) is 0 Å². The van der Waals surface area contributed by atoms with Crippen molar-refractivity contribution in [1.82, 2.24) is 55.6 Å². The van der Waals surface area contributed by atoms with Crippen molar-refractivity contribution in [1.29, 1.82) is 0 Å². The van der Waals surface area contributed by atoms with E-state index in [1.807, 2.05) is 48.5 Å². The number of aliphatic hydroxyl groups is 1. The van der Waals surface area contributed by atoms with Crippen molar-refractivity contribution in [2.24, 2.45) is 35.5 Å². The quantitative estimate of drug-likeness (QED) is 0.0889. The summed E-state index contributed by atoms with van der Waals surface area (Å²) in [6, 6.07) is -9.83. The molecule has 3 unspecified atom stereocenters. The average molecular weight is 1390 g/mol. The number of halogens is 4. The molecule has 12 atom stereocenters. The standard InChI is InChI=1S/C67H115ClF3N11O14/c1-20-42(9)56-63(92)81(21-2)35-55(85)82-28-26-48(82)62(91)79(18)52(37-95-29-27-39(3)4)61(90)76(15)34-53(83)73-47(25-23-44-22-24-45(46(68)33-44)67(69,70)71)60(89)78(17)51(36-96-38-65(11,12)94)59(88)75-66(13,14)64(93)80(19)50(31-41(7)8)57(86)72-43(10)32-54(84)77(16)49(30-40(5)6)58(87)74-56/h39-52,56,94H,20-38H2,1-19H3,(H,72,86)(H,73,83)(H,74,87)(H,75,88)/t42-,43+,44?,45?,46?,47-,48-,49-,50-,51-,52-,56-/m0/s1. The highest BCUT2D eigenvalue weighted by molar-refractivity contribution is 6.20. The minimum atomic E-state index is -4.55. The van der Waals surface area contributed by atoms with Crippen LogP contribution in [-0.2, 0) is 62.2 Å². The lowest BCUT2D eigenvalue weighted by Gasteiger charge is -2.43. The molecule has 0 aromatic heterocycles. The number of rotatable bonds is 19. The maximum Gasteiger partial charge on any atom is 0.393 e. The van der Waals surface area contributed by atoms with Gasteiger partial charge in [0.1, 0.15) is 47.8 Å². The maximum atomic E-state index is 15.1. The molecule has 11 amide bonds. The van der Waals surface area contributed by atoms with E-state index in [0.29, 0.717) is 12.8 Å². The molecular weight excluding hydrogens is 1280 g/mol. The number of fused-ring (bicyclic) bond motifs is 1. The number of likely N-dealkylation sites (N-methyl/N-ethyl adjacent to an activating group) is 6. The van der Waals surface area contributed by atoms with Crippen molar-refractivity contribution < 1.29 is 80.5 Å². The minimum Gasteiger partial charge on any atom is -0.388 e. The molecule has 3 rings (SSSR count). The Morgan fingerprint density at radius 2 is 1.23 bits per heavy atom. The first-order valence-electron chi connectivity index (χ1n) is 34.1. The van der Waals surface area contributed by atoms with Crippen LogP contribution in [0, 0.1) is 35.5 Å². The van der Waals surface area contributed by atoms with E-state index in [2.05, 4.69) is 21.3 Å². The molecule has 0 radical (unpaired) electrons. The Labute approximate surface area is 572 Å². The van der Waals surface area contributed by atoms with Crippen LogP contribution < -0.4 is 21.3 Å². The summed E-state index contributed by atoms with van der Waals surface area (Å²) in [7, 11) is 6.75.